The van der Waals surface area contributed by atoms with Gasteiger partial charge in [0, 0.05) is 13.5 Å². The van der Waals surface area contributed by atoms with E-state index in [9.17, 15) is 10.1 Å². The molecule has 1 N–H and O–H groups in total. The quantitative estimate of drug-likeness (QED) is 0.645. The second-order valence-corrected chi connectivity index (χ2v) is 5.02. The van der Waals surface area contributed by atoms with E-state index in [0.29, 0.717) is 28.2 Å². The molecule has 0 aliphatic carbocycles. The molecule has 1 aromatic heterocycles. The summed E-state index contributed by atoms with van der Waals surface area (Å²) in [7, 11) is 0. The molecule has 7 nitrogen and oxygen atoms in total. The predicted octanol–water partition coefficient (Wildman–Crippen LogP) is 3.26. The lowest BCUT2D eigenvalue weighted by atomic mass is 10.2. The Balaban J connectivity index is 2.33. The van der Waals surface area contributed by atoms with Gasteiger partial charge in [-0.3, -0.25) is 10.1 Å². The fraction of sp³-hybridized carbons (Fsp3) is 0.333. The summed E-state index contributed by atoms with van der Waals surface area (Å²) in [5, 5.41) is 22.2. The topological polar surface area (TPSA) is 94.1 Å². The third kappa shape index (κ3) is 3.27. The zero-order valence-corrected chi connectivity index (χ0v) is 11.9. The molecule has 0 amide bonds. The van der Waals surface area contributed by atoms with E-state index in [-0.39, 0.29) is 5.69 Å². The molecule has 8 heteroatoms. The standard InChI is InChI=1S/C12H14N4O3S/c1-3-7-13-9-5-4-6-10(11(9)16(17)18)20-12-15-14-8(2)19-12/h4-6,13H,3,7H2,1-2H3. The van der Waals surface area contributed by atoms with Crippen LogP contribution in [0, 0.1) is 17.0 Å². The van der Waals surface area contributed by atoms with Crippen LogP contribution in [0.3, 0.4) is 0 Å². The van der Waals surface area contributed by atoms with Crippen molar-refractivity contribution < 1.29 is 9.34 Å². The van der Waals surface area contributed by atoms with Gasteiger partial charge in [-0.25, -0.2) is 0 Å². The number of hydrogen-bond donors (Lipinski definition) is 1. The molecule has 0 bridgehead atoms. The summed E-state index contributed by atoms with van der Waals surface area (Å²) < 4.78 is 5.24. The number of hydrogen-bond acceptors (Lipinski definition) is 7. The lowest BCUT2D eigenvalue weighted by Gasteiger charge is -2.07. The molecule has 0 fully saturated rings. The Hall–Kier alpha value is -2.09. The summed E-state index contributed by atoms with van der Waals surface area (Å²) in [4.78, 5) is 11.4. The molecule has 2 aromatic rings. The largest absolute Gasteiger partial charge is 0.416 e. The molecular formula is C12H14N4O3S. The van der Waals surface area contributed by atoms with Crippen LogP contribution in [0.4, 0.5) is 11.4 Å². The number of anilines is 1. The van der Waals surface area contributed by atoms with E-state index in [1.54, 1.807) is 25.1 Å². The van der Waals surface area contributed by atoms with Crippen molar-refractivity contribution in [2.45, 2.75) is 30.4 Å². The average molecular weight is 294 g/mol. The van der Waals surface area contributed by atoms with Gasteiger partial charge in [0.25, 0.3) is 5.22 Å². The van der Waals surface area contributed by atoms with Gasteiger partial charge in [-0.2, -0.15) is 0 Å². The number of benzene rings is 1. The van der Waals surface area contributed by atoms with Crippen LogP contribution < -0.4 is 5.32 Å². The first-order valence-corrected chi connectivity index (χ1v) is 6.92. The van der Waals surface area contributed by atoms with Crippen molar-refractivity contribution in [2.24, 2.45) is 0 Å². The fourth-order valence-corrected chi connectivity index (χ4v) is 2.47. The highest BCUT2D eigenvalue weighted by Crippen LogP contribution is 2.38. The highest BCUT2D eigenvalue weighted by atomic mass is 32.2. The van der Waals surface area contributed by atoms with Crippen LogP contribution in [0.1, 0.15) is 19.2 Å². The van der Waals surface area contributed by atoms with Gasteiger partial charge in [0.15, 0.2) is 0 Å². The second kappa shape index (κ2) is 6.38. The van der Waals surface area contributed by atoms with Crippen molar-refractivity contribution in [1.29, 1.82) is 0 Å². The first-order chi connectivity index (χ1) is 9.61. The lowest BCUT2D eigenvalue weighted by molar-refractivity contribution is -0.386. The summed E-state index contributed by atoms with van der Waals surface area (Å²) in [6, 6.07) is 5.12. The average Bonchev–Trinajstić information content (AvgIpc) is 2.81. The van der Waals surface area contributed by atoms with Gasteiger partial charge in [0.2, 0.25) is 5.89 Å². The van der Waals surface area contributed by atoms with Crippen LogP contribution in [0.2, 0.25) is 0 Å². The van der Waals surface area contributed by atoms with E-state index < -0.39 is 4.92 Å². The number of aryl methyl sites for hydroxylation is 1. The minimum atomic E-state index is -0.399. The van der Waals surface area contributed by atoms with Crippen LogP contribution in [0.5, 0.6) is 0 Å². The molecule has 0 aliphatic heterocycles. The molecule has 1 heterocycles. The van der Waals surface area contributed by atoms with Crippen LogP contribution in [0.15, 0.2) is 32.7 Å². The zero-order chi connectivity index (χ0) is 14.5. The van der Waals surface area contributed by atoms with Crippen LogP contribution in [-0.4, -0.2) is 21.7 Å². The number of nitro groups is 1. The number of rotatable bonds is 6. The molecule has 1 aromatic carbocycles. The summed E-state index contributed by atoms with van der Waals surface area (Å²) >= 11 is 1.09. The number of nitrogens with zero attached hydrogens (tertiary/aromatic N) is 3. The van der Waals surface area contributed by atoms with Crippen molar-refractivity contribution in [1.82, 2.24) is 10.2 Å². The third-order valence-electron chi connectivity index (χ3n) is 2.45. The molecule has 2 rings (SSSR count). The van der Waals surface area contributed by atoms with Crippen molar-refractivity contribution in [3.8, 4) is 0 Å². The third-order valence-corrected chi connectivity index (χ3v) is 3.34. The Morgan fingerprint density at radius 1 is 1.45 bits per heavy atom. The van der Waals surface area contributed by atoms with E-state index in [2.05, 4.69) is 15.5 Å². The maximum atomic E-state index is 11.3. The van der Waals surface area contributed by atoms with Crippen molar-refractivity contribution in [3.63, 3.8) is 0 Å². The fourth-order valence-electron chi connectivity index (χ4n) is 1.61. The molecule has 0 aliphatic rings. The number of nitro benzene ring substituents is 1. The van der Waals surface area contributed by atoms with Gasteiger partial charge in [-0.15, -0.1) is 10.2 Å². The van der Waals surface area contributed by atoms with Crippen molar-refractivity contribution >= 4 is 23.1 Å². The van der Waals surface area contributed by atoms with E-state index in [0.717, 1.165) is 18.2 Å². The second-order valence-electron chi connectivity index (χ2n) is 4.03. The van der Waals surface area contributed by atoms with Crippen molar-refractivity contribution in [3.05, 3.63) is 34.2 Å². The molecule has 0 saturated carbocycles. The maximum absolute atomic E-state index is 11.3. The van der Waals surface area contributed by atoms with Gasteiger partial charge in [-0.1, -0.05) is 13.0 Å². The highest BCUT2D eigenvalue weighted by Gasteiger charge is 2.21. The number of para-hydroxylation sites is 1. The van der Waals surface area contributed by atoms with E-state index in [1.165, 1.54) is 0 Å². The number of aromatic nitrogens is 2. The van der Waals surface area contributed by atoms with E-state index in [4.69, 9.17) is 4.42 Å². The monoisotopic (exact) mass is 294 g/mol. The van der Waals surface area contributed by atoms with Gasteiger partial charge < -0.3 is 9.73 Å². The number of nitrogens with one attached hydrogen (secondary N) is 1. The molecule has 0 unspecified atom stereocenters. The van der Waals surface area contributed by atoms with Gasteiger partial charge in [0.05, 0.1) is 9.82 Å². The Kier molecular flexibility index (Phi) is 4.57. The van der Waals surface area contributed by atoms with E-state index >= 15 is 0 Å². The molecule has 20 heavy (non-hydrogen) atoms. The summed E-state index contributed by atoms with van der Waals surface area (Å²) in [5.74, 6) is 0.426. The Morgan fingerprint density at radius 2 is 2.25 bits per heavy atom. The molecule has 0 saturated heterocycles. The first kappa shape index (κ1) is 14.3. The lowest BCUT2D eigenvalue weighted by Crippen LogP contribution is -2.03. The maximum Gasteiger partial charge on any atom is 0.306 e. The molecule has 0 spiro atoms. The summed E-state index contributed by atoms with van der Waals surface area (Å²) in [6.45, 7) is 4.35. The van der Waals surface area contributed by atoms with Gasteiger partial charge >= 0.3 is 5.69 Å². The minimum absolute atomic E-state index is 0.0294. The van der Waals surface area contributed by atoms with Crippen LogP contribution >= 0.6 is 11.8 Å². The summed E-state index contributed by atoms with van der Waals surface area (Å²) in [5.41, 5.74) is 0.528. The molecule has 0 radical (unpaired) electrons. The van der Waals surface area contributed by atoms with Crippen LogP contribution in [0.25, 0.3) is 0 Å². The molecular weight excluding hydrogens is 280 g/mol. The van der Waals surface area contributed by atoms with Crippen molar-refractivity contribution in [2.75, 3.05) is 11.9 Å². The van der Waals surface area contributed by atoms with E-state index in [1.807, 2.05) is 6.92 Å². The van der Waals surface area contributed by atoms with Gasteiger partial charge in [0.1, 0.15) is 5.69 Å². The molecule has 106 valence electrons. The smallest absolute Gasteiger partial charge is 0.306 e. The van der Waals surface area contributed by atoms with Crippen LogP contribution in [-0.2, 0) is 0 Å². The highest BCUT2D eigenvalue weighted by molar-refractivity contribution is 7.99. The zero-order valence-electron chi connectivity index (χ0n) is 11.1. The molecule has 0 atom stereocenters. The Bertz CT molecular complexity index is 614. The predicted molar refractivity (Wildman–Crippen MR) is 75.0 cm³/mol. The minimum Gasteiger partial charge on any atom is -0.416 e. The Labute approximate surface area is 119 Å². The SMILES string of the molecule is CCCNc1cccc(Sc2nnc(C)o2)c1[N+](=O)[O-]. The first-order valence-electron chi connectivity index (χ1n) is 6.11. The normalized spacial score (nSPS) is 10.5. The van der Waals surface area contributed by atoms with Gasteiger partial charge in [-0.05, 0) is 30.3 Å². The Morgan fingerprint density at radius 3 is 2.85 bits per heavy atom. The summed E-state index contributed by atoms with van der Waals surface area (Å²) in [6.07, 6.45) is 0.886.